The number of carbonyl (C=O) groups excluding carboxylic acids is 1. The van der Waals surface area contributed by atoms with E-state index in [1.807, 2.05) is 0 Å². The van der Waals surface area contributed by atoms with Gasteiger partial charge in [-0.1, -0.05) is 6.92 Å². The van der Waals surface area contributed by atoms with E-state index < -0.39 is 9.84 Å². The maximum atomic E-state index is 11.9. The Morgan fingerprint density at radius 2 is 2.17 bits per heavy atom. The Bertz CT molecular complexity index is 408. The number of hydrogen-bond donors (Lipinski definition) is 2. The highest BCUT2D eigenvalue weighted by molar-refractivity contribution is 7.92. The van der Waals surface area contributed by atoms with Gasteiger partial charge in [0, 0.05) is 6.54 Å². The minimum Gasteiger partial charge on any atom is -0.353 e. The maximum absolute atomic E-state index is 11.9. The first-order valence-corrected chi connectivity index (χ1v) is 8.43. The highest BCUT2D eigenvalue weighted by Crippen LogP contribution is 2.19. The molecule has 3 atom stereocenters. The van der Waals surface area contributed by atoms with Gasteiger partial charge in [0.2, 0.25) is 5.91 Å². The van der Waals surface area contributed by atoms with Crippen molar-refractivity contribution in [1.82, 2.24) is 10.6 Å². The van der Waals surface area contributed by atoms with Gasteiger partial charge in [0.25, 0.3) is 0 Å². The monoisotopic (exact) mass is 274 g/mol. The first kappa shape index (κ1) is 13.8. The van der Waals surface area contributed by atoms with Crippen molar-refractivity contribution in [3.8, 4) is 0 Å². The van der Waals surface area contributed by atoms with Crippen LogP contribution in [0.4, 0.5) is 0 Å². The number of piperidine rings is 1. The number of carbonyl (C=O) groups is 1. The molecule has 0 aromatic rings. The van der Waals surface area contributed by atoms with Crippen LogP contribution in [0.1, 0.15) is 32.6 Å². The van der Waals surface area contributed by atoms with Crippen LogP contribution in [-0.4, -0.2) is 44.5 Å². The number of nitrogens with one attached hydrogen (secondary N) is 2. The van der Waals surface area contributed by atoms with Crippen LogP contribution >= 0.6 is 0 Å². The molecule has 0 radical (unpaired) electrons. The van der Waals surface area contributed by atoms with E-state index in [0.29, 0.717) is 12.3 Å². The summed E-state index contributed by atoms with van der Waals surface area (Å²) in [6.45, 7) is 3.28. The van der Waals surface area contributed by atoms with Crippen molar-refractivity contribution in [2.24, 2.45) is 5.92 Å². The maximum Gasteiger partial charge on any atom is 0.237 e. The van der Waals surface area contributed by atoms with E-state index in [1.165, 1.54) is 0 Å². The second kappa shape index (κ2) is 5.57. The van der Waals surface area contributed by atoms with Gasteiger partial charge in [-0.25, -0.2) is 8.42 Å². The molecular weight excluding hydrogens is 252 g/mol. The number of sulfone groups is 1. The summed E-state index contributed by atoms with van der Waals surface area (Å²) in [5.41, 5.74) is 0. The molecule has 18 heavy (non-hydrogen) atoms. The molecule has 0 aliphatic carbocycles. The lowest BCUT2D eigenvalue weighted by Gasteiger charge is -2.27. The summed E-state index contributed by atoms with van der Waals surface area (Å²) in [4.78, 5) is 11.9. The molecule has 0 saturated carbocycles. The summed E-state index contributed by atoms with van der Waals surface area (Å²) < 4.78 is 23.3. The third-order valence-corrected chi connectivity index (χ3v) is 6.23. The minimum atomic E-state index is -2.96. The van der Waals surface area contributed by atoms with Gasteiger partial charge in [-0.15, -0.1) is 0 Å². The molecule has 2 N–H and O–H groups in total. The Morgan fingerprint density at radius 3 is 2.78 bits per heavy atom. The van der Waals surface area contributed by atoms with Crippen LogP contribution in [0, 0.1) is 5.92 Å². The molecule has 5 nitrogen and oxygen atoms in total. The highest BCUT2D eigenvalue weighted by atomic mass is 32.2. The number of rotatable bonds is 3. The lowest BCUT2D eigenvalue weighted by molar-refractivity contribution is -0.124. The Kier molecular flexibility index (Phi) is 4.27. The molecular formula is C12H22N2O3S. The summed E-state index contributed by atoms with van der Waals surface area (Å²) >= 11 is 0. The van der Waals surface area contributed by atoms with Gasteiger partial charge >= 0.3 is 0 Å². The van der Waals surface area contributed by atoms with Gasteiger partial charge < -0.3 is 10.6 Å². The average Bonchev–Trinajstić information content (AvgIpc) is 2.65. The Labute approximate surface area is 109 Å². The van der Waals surface area contributed by atoms with Crippen molar-refractivity contribution in [1.29, 1.82) is 0 Å². The van der Waals surface area contributed by atoms with Crippen LogP contribution in [0.2, 0.25) is 0 Å². The van der Waals surface area contributed by atoms with E-state index in [-0.39, 0.29) is 29.5 Å². The molecule has 0 bridgehead atoms. The Balaban J connectivity index is 1.81. The first-order valence-electron chi connectivity index (χ1n) is 6.71. The molecule has 2 saturated heterocycles. The first-order chi connectivity index (χ1) is 8.49. The summed E-state index contributed by atoms with van der Waals surface area (Å²) in [6, 6.07) is -0.155. The van der Waals surface area contributed by atoms with Crippen molar-refractivity contribution < 1.29 is 13.2 Å². The van der Waals surface area contributed by atoms with Crippen molar-refractivity contribution >= 4 is 15.7 Å². The SMILES string of the molecule is CC1CCNC(C(=O)NCC2CCCS2(=O)=O)C1. The fourth-order valence-electron chi connectivity index (χ4n) is 2.73. The largest absolute Gasteiger partial charge is 0.353 e. The van der Waals surface area contributed by atoms with Crippen molar-refractivity contribution in [3.63, 3.8) is 0 Å². The van der Waals surface area contributed by atoms with E-state index in [1.54, 1.807) is 0 Å². The van der Waals surface area contributed by atoms with E-state index in [2.05, 4.69) is 17.6 Å². The quantitative estimate of drug-likeness (QED) is 0.763. The molecule has 0 aromatic carbocycles. The van der Waals surface area contributed by atoms with Crippen LogP contribution in [0.3, 0.4) is 0 Å². The van der Waals surface area contributed by atoms with Crippen molar-refractivity contribution in [2.45, 2.75) is 43.9 Å². The molecule has 104 valence electrons. The predicted octanol–water partition coefficient (Wildman–Crippen LogP) is 0.0679. The molecule has 0 spiro atoms. The standard InChI is InChI=1S/C12H22N2O3S/c1-9-4-5-13-11(7-9)12(15)14-8-10-3-2-6-18(10,16)17/h9-11,13H,2-8H2,1H3,(H,14,15). The van der Waals surface area contributed by atoms with Gasteiger partial charge in [-0.3, -0.25) is 4.79 Å². The van der Waals surface area contributed by atoms with Crippen molar-refractivity contribution in [2.75, 3.05) is 18.8 Å². The normalized spacial score (nSPS) is 35.3. The summed E-state index contributed by atoms with van der Waals surface area (Å²) in [5.74, 6) is 0.771. The van der Waals surface area contributed by atoms with Crippen LogP contribution in [-0.2, 0) is 14.6 Å². The highest BCUT2D eigenvalue weighted by Gasteiger charge is 2.32. The summed E-state index contributed by atoms with van der Waals surface area (Å²) in [6.07, 6.45) is 3.34. The third kappa shape index (κ3) is 3.23. The van der Waals surface area contributed by atoms with Gasteiger partial charge in [0.1, 0.15) is 0 Å². The summed E-state index contributed by atoms with van der Waals surface area (Å²) in [7, 11) is -2.96. The molecule has 2 aliphatic heterocycles. The zero-order chi connectivity index (χ0) is 13.2. The average molecular weight is 274 g/mol. The van der Waals surface area contributed by atoms with Crippen molar-refractivity contribution in [3.05, 3.63) is 0 Å². The van der Waals surface area contributed by atoms with Gasteiger partial charge in [-0.05, 0) is 38.1 Å². The number of hydrogen-bond acceptors (Lipinski definition) is 4. The molecule has 2 fully saturated rings. The predicted molar refractivity (Wildman–Crippen MR) is 70.0 cm³/mol. The van der Waals surface area contributed by atoms with E-state index in [9.17, 15) is 13.2 Å². The van der Waals surface area contributed by atoms with Gasteiger partial charge in [0.15, 0.2) is 9.84 Å². The van der Waals surface area contributed by atoms with Crippen LogP contribution in [0.15, 0.2) is 0 Å². The molecule has 0 aromatic heterocycles. The zero-order valence-corrected chi connectivity index (χ0v) is 11.6. The zero-order valence-electron chi connectivity index (χ0n) is 10.8. The second-order valence-electron chi connectivity index (χ2n) is 5.51. The molecule has 2 rings (SSSR count). The fraction of sp³-hybridized carbons (Fsp3) is 0.917. The van der Waals surface area contributed by atoms with Gasteiger partial charge in [0.05, 0.1) is 17.0 Å². The van der Waals surface area contributed by atoms with E-state index in [4.69, 9.17) is 0 Å². The molecule has 6 heteroatoms. The Hall–Kier alpha value is -0.620. The smallest absolute Gasteiger partial charge is 0.237 e. The topological polar surface area (TPSA) is 75.3 Å². The number of amides is 1. The third-order valence-electron chi connectivity index (χ3n) is 3.95. The fourth-order valence-corrected chi connectivity index (χ4v) is 4.50. The van der Waals surface area contributed by atoms with E-state index >= 15 is 0 Å². The lowest BCUT2D eigenvalue weighted by atomic mass is 9.94. The lowest BCUT2D eigenvalue weighted by Crippen LogP contribution is -2.50. The van der Waals surface area contributed by atoms with E-state index in [0.717, 1.165) is 25.8 Å². The second-order valence-corrected chi connectivity index (χ2v) is 7.91. The molecule has 2 heterocycles. The molecule has 2 aliphatic rings. The molecule has 3 unspecified atom stereocenters. The minimum absolute atomic E-state index is 0.0522. The van der Waals surface area contributed by atoms with Crippen LogP contribution in [0.25, 0.3) is 0 Å². The van der Waals surface area contributed by atoms with Gasteiger partial charge in [-0.2, -0.15) is 0 Å². The van der Waals surface area contributed by atoms with Crippen LogP contribution < -0.4 is 10.6 Å². The van der Waals surface area contributed by atoms with Crippen LogP contribution in [0.5, 0.6) is 0 Å². The Morgan fingerprint density at radius 1 is 1.39 bits per heavy atom. The summed E-state index contributed by atoms with van der Waals surface area (Å²) in [5, 5.41) is 5.60. The molecule has 1 amide bonds.